The van der Waals surface area contributed by atoms with Crippen molar-refractivity contribution in [1.82, 2.24) is 10.2 Å². The van der Waals surface area contributed by atoms with E-state index in [0.29, 0.717) is 19.4 Å². The van der Waals surface area contributed by atoms with Crippen LogP contribution >= 0.6 is 0 Å². The standard InChI is InChI=1S/C19H26N2O5/c1-13-3-4-15(16(11-13)25-2)26-10-9-21-7-5-19(6-8-21)14(18(23)24)12-17(22)20-19/h3-4,11,14H,5-10,12H2,1-2H3,(H,20,22)(H,23,24)/t14-/m1/s1. The smallest absolute Gasteiger partial charge is 0.309 e. The van der Waals surface area contributed by atoms with Gasteiger partial charge in [-0.2, -0.15) is 0 Å². The van der Waals surface area contributed by atoms with Crippen LogP contribution < -0.4 is 14.8 Å². The van der Waals surface area contributed by atoms with Crippen LogP contribution in [0.15, 0.2) is 18.2 Å². The van der Waals surface area contributed by atoms with Gasteiger partial charge in [0.25, 0.3) is 0 Å². The highest BCUT2D eigenvalue weighted by molar-refractivity contribution is 5.88. The Balaban J connectivity index is 1.50. The predicted molar refractivity (Wildman–Crippen MR) is 95.5 cm³/mol. The van der Waals surface area contributed by atoms with Crippen LogP contribution in [0.5, 0.6) is 11.5 Å². The van der Waals surface area contributed by atoms with E-state index < -0.39 is 17.4 Å². The van der Waals surface area contributed by atoms with Gasteiger partial charge < -0.3 is 19.9 Å². The molecule has 2 aliphatic heterocycles. The number of carbonyl (C=O) groups is 2. The Morgan fingerprint density at radius 3 is 2.73 bits per heavy atom. The Morgan fingerprint density at radius 2 is 2.08 bits per heavy atom. The normalized spacial score (nSPS) is 22.2. The summed E-state index contributed by atoms with van der Waals surface area (Å²) in [6.07, 6.45) is 1.40. The molecule has 0 saturated carbocycles. The summed E-state index contributed by atoms with van der Waals surface area (Å²) in [6, 6.07) is 5.83. The van der Waals surface area contributed by atoms with Crippen LogP contribution in [-0.4, -0.2) is 60.8 Å². The summed E-state index contributed by atoms with van der Waals surface area (Å²) in [4.78, 5) is 25.4. The van der Waals surface area contributed by atoms with E-state index in [2.05, 4.69) is 10.2 Å². The number of amides is 1. The molecule has 2 N–H and O–H groups in total. The molecule has 1 aromatic carbocycles. The van der Waals surface area contributed by atoms with Gasteiger partial charge in [0.2, 0.25) is 5.91 Å². The number of aryl methyl sites for hydroxylation is 1. The van der Waals surface area contributed by atoms with Gasteiger partial charge in [-0.3, -0.25) is 14.5 Å². The average Bonchev–Trinajstić information content (AvgIpc) is 2.94. The summed E-state index contributed by atoms with van der Waals surface area (Å²) in [7, 11) is 1.63. The van der Waals surface area contributed by atoms with Crippen molar-refractivity contribution in [2.45, 2.75) is 31.7 Å². The van der Waals surface area contributed by atoms with Crippen LogP contribution in [0.3, 0.4) is 0 Å². The zero-order valence-corrected chi connectivity index (χ0v) is 15.3. The number of carboxylic acid groups (broad SMARTS) is 1. The summed E-state index contributed by atoms with van der Waals surface area (Å²) < 4.78 is 11.2. The number of hydrogen-bond donors (Lipinski definition) is 2. The number of benzene rings is 1. The number of carbonyl (C=O) groups excluding carboxylic acids is 1. The Bertz CT molecular complexity index is 683. The van der Waals surface area contributed by atoms with E-state index in [1.54, 1.807) is 7.11 Å². The number of nitrogens with zero attached hydrogens (tertiary/aromatic N) is 1. The number of ether oxygens (including phenoxy) is 2. The zero-order valence-electron chi connectivity index (χ0n) is 15.3. The van der Waals surface area contributed by atoms with Crippen molar-refractivity contribution < 1.29 is 24.2 Å². The maximum Gasteiger partial charge on any atom is 0.309 e. The van der Waals surface area contributed by atoms with Gasteiger partial charge in [0.05, 0.1) is 18.6 Å². The molecule has 1 amide bonds. The third-order valence-electron chi connectivity index (χ3n) is 5.48. The molecule has 142 valence electrons. The van der Waals surface area contributed by atoms with Crippen LogP contribution in [0, 0.1) is 12.8 Å². The minimum absolute atomic E-state index is 0.0890. The molecule has 2 saturated heterocycles. The molecule has 2 fully saturated rings. The second-order valence-corrected chi connectivity index (χ2v) is 7.14. The molecular formula is C19H26N2O5. The summed E-state index contributed by atoms with van der Waals surface area (Å²) in [5.74, 6) is -0.210. The first-order valence-electron chi connectivity index (χ1n) is 8.97. The highest BCUT2D eigenvalue weighted by atomic mass is 16.5. The molecule has 2 aliphatic rings. The summed E-state index contributed by atoms with van der Waals surface area (Å²) in [6.45, 7) is 4.78. The number of hydrogen-bond acceptors (Lipinski definition) is 5. The van der Waals surface area contributed by atoms with Gasteiger partial charge in [-0.05, 0) is 37.5 Å². The lowest BCUT2D eigenvalue weighted by atomic mass is 9.78. The quantitative estimate of drug-likeness (QED) is 0.796. The van der Waals surface area contributed by atoms with E-state index in [-0.39, 0.29) is 12.3 Å². The Labute approximate surface area is 153 Å². The predicted octanol–water partition coefficient (Wildman–Crippen LogP) is 1.44. The van der Waals surface area contributed by atoms with Crippen LogP contribution in [0.25, 0.3) is 0 Å². The highest BCUT2D eigenvalue weighted by Crippen LogP contribution is 2.37. The van der Waals surface area contributed by atoms with E-state index in [1.807, 2.05) is 25.1 Å². The molecule has 2 heterocycles. The first-order valence-corrected chi connectivity index (χ1v) is 8.97. The maximum absolute atomic E-state index is 11.7. The first-order chi connectivity index (χ1) is 12.4. The number of likely N-dealkylation sites (tertiary alicyclic amines) is 1. The molecule has 0 unspecified atom stereocenters. The lowest BCUT2D eigenvalue weighted by molar-refractivity contribution is -0.144. The van der Waals surface area contributed by atoms with Crippen molar-refractivity contribution in [3.8, 4) is 11.5 Å². The Hall–Kier alpha value is -2.28. The van der Waals surface area contributed by atoms with E-state index >= 15 is 0 Å². The highest BCUT2D eigenvalue weighted by Gasteiger charge is 2.51. The fourth-order valence-corrected chi connectivity index (χ4v) is 3.95. The first kappa shape index (κ1) is 18.5. The monoisotopic (exact) mass is 362 g/mol. The van der Waals surface area contributed by atoms with Crippen molar-refractivity contribution in [3.05, 3.63) is 23.8 Å². The van der Waals surface area contributed by atoms with Crippen molar-refractivity contribution in [3.63, 3.8) is 0 Å². The number of rotatable bonds is 6. The van der Waals surface area contributed by atoms with Crippen molar-refractivity contribution in [2.24, 2.45) is 5.92 Å². The molecule has 7 nitrogen and oxygen atoms in total. The number of nitrogens with one attached hydrogen (secondary N) is 1. The van der Waals surface area contributed by atoms with E-state index in [1.165, 1.54) is 0 Å². The number of aliphatic carboxylic acids is 1. The SMILES string of the molecule is COc1cc(C)ccc1OCCN1CCC2(CC1)NC(=O)C[C@@H]2C(=O)O. The third kappa shape index (κ3) is 3.77. The second-order valence-electron chi connectivity index (χ2n) is 7.14. The molecule has 0 aromatic heterocycles. The molecule has 1 atom stereocenters. The van der Waals surface area contributed by atoms with Crippen LogP contribution in [0.1, 0.15) is 24.8 Å². The van der Waals surface area contributed by atoms with E-state index in [9.17, 15) is 14.7 Å². The van der Waals surface area contributed by atoms with Crippen LogP contribution in [0.4, 0.5) is 0 Å². The third-order valence-corrected chi connectivity index (χ3v) is 5.48. The van der Waals surface area contributed by atoms with Crippen molar-refractivity contribution >= 4 is 11.9 Å². The van der Waals surface area contributed by atoms with Crippen molar-refractivity contribution in [2.75, 3.05) is 33.4 Å². The molecular weight excluding hydrogens is 336 g/mol. The summed E-state index contributed by atoms with van der Waals surface area (Å²) in [5.41, 5.74) is 0.530. The number of carboxylic acids is 1. The molecule has 3 rings (SSSR count). The Morgan fingerprint density at radius 1 is 1.35 bits per heavy atom. The minimum atomic E-state index is -0.883. The zero-order chi connectivity index (χ0) is 18.7. The molecule has 0 radical (unpaired) electrons. The largest absolute Gasteiger partial charge is 0.493 e. The van der Waals surface area contributed by atoms with Gasteiger partial charge in [0, 0.05) is 26.1 Å². The van der Waals surface area contributed by atoms with Gasteiger partial charge in [0.15, 0.2) is 11.5 Å². The molecule has 26 heavy (non-hydrogen) atoms. The second kappa shape index (κ2) is 7.53. The van der Waals surface area contributed by atoms with E-state index in [0.717, 1.165) is 36.7 Å². The lowest BCUT2D eigenvalue weighted by Crippen LogP contribution is -2.56. The van der Waals surface area contributed by atoms with Gasteiger partial charge in [0.1, 0.15) is 6.61 Å². The lowest BCUT2D eigenvalue weighted by Gasteiger charge is -2.41. The van der Waals surface area contributed by atoms with Crippen LogP contribution in [-0.2, 0) is 9.59 Å². The number of piperidine rings is 1. The fraction of sp³-hybridized carbons (Fsp3) is 0.579. The van der Waals surface area contributed by atoms with Gasteiger partial charge in [-0.1, -0.05) is 6.07 Å². The maximum atomic E-state index is 11.7. The topological polar surface area (TPSA) is 88.1 Å². The summed E-state index contributed by atoms with van der Waals surface area (Å²) >= 11 is 0. The molecule has 1 aromatic rings. The van der Waals surface area contributed by atoms with Gasteiger partial charge in [-0.15, -0.1) is 0 Å². The number of methoxy groups -OCH3 is 1. The summed E-state index contributed by atoms with van der Waals surface area (Å²) in [5, 5.41) is 12.3. The molecule has 0 bridgehead atoms. The van der Waals surface area contributed by atoms with Gasteiger partial charge >= 0.3 is 5.97 Å². The molecule has 1 spiro atoms. The van der Waals surface area contributed by atoms with Gasteiger partial charge in [-0.25, -0.2) is 0 Å². The molecule has 7 heteroatoms. The fourth-order valence-electron chi connectivity index (χ4n) is 3.95. The van der Waals surface area contributed by atoms with Crippen molar-refractivity contribution in [1.29, 1.82) is 0 Å². The van der Waals surface area contributed by atoms with E-state index in [4.69, 9.17) is 9.47 Å². The van der Waals surface area contributed by atoms with Crippen LogP contribution in [0.2, 0.25) is 0 Å². The Kier molecular flexibility index (Phi) is 5.36. The average molecular weight is 362 g/mol. The molecule has 0 aliphatic carbocycles. The minimum Gasteiger partial charge on any atom is -0.493 e.